The maximum absolute atomic E-state index is 12.2. The molecule has 0 amide bonds. The number of sulfonamides is 1. The van der Waals surface area contributed by atoms with Gasteiger partial charge in [-0.25, -0.2) is 4.83 Å². The number of hydrogen-bond acceptors (Lipinski definition) is 7. The molecule has 0 saturated carbocycles. The number of nitro groups is 1. The van der Waals surface area contributed by atoms with Crippen molar-refractivity contribution in [3.8, 4) is 11.5 Å². The fraction of sp³-hybridized carbons (Fsp3) is 0.278. The summed E-state index contributed by atoms with van der Waals surface area (Å²) in [4.78, 5) is 13.0. The summed E-state index contributed by atoms with van der Waals surface area (Å²) < 4.78 is 35.3. The van der Waals surface area contributed by atoms with Crippen molar-refractivity contribution >= 4 is 21.9 Å². The maximum Gasteiger partial charge on any atom is 0.315 e. The molecule has 9 nitrogen and oxygen atoms in total. The van der Waals surface area contributed by atoms with E-state index in [9.17, 15) is 18.5 Å². The summed E-state index contributed by atoms with van der Waals surface area (Å²) in [6.07, 6.45) is 1.84. The minimum Gasteiger partial charge on any atom is -0.490 e. The Balaban J connectivity index is 2.32. The molecule has 2 aromatic carbocycles. The summed E-state index contributed by atoms with van der Waals surface area (Å²) in [5.74, 6) is 0.230. The normalized spacial score (nSPS) is 11.4. The van der Waals surface area contributed by atoms with E-state index in [1.54, 1.807) is 25.1 Å². The first-order valence-electron chi connectivity index (χ1n) is 8.57. The van der Waals surface area contributed by atoms with Crippen LogP contribution in [0.4, 0.5) is 5.69 Å². The summed E-state index contributed by atoms with van der Waals surface area (Å²) in [6.45, 7) is 4.20. The van der Waals surface area contributed by atoms with Gasteiger partial charge in [-0.3, -0.25) is 10.1 Å². The molecule has 0 unspecified atom stereocenters. The standard InChI is InChI=1S/C18H21N3O6S/c1-3-10-27-18-16(21(22)23)11-14(12-17(18)26-4-2)13-19-20-28(24,25)15-8-6-5-7-9-15/h5-9,11-13,20H,3-4,10H2,1-2H3/b19-13+. The number of rotatable bonds is 10. The van der Waals surface area contributed by atoms with E-state index in [1.807, 2.05) is 6.92 Å². The van der Waals surface area contributed by atoms with Gasteiger partial charge in [0.1, 0.15) is 0 Å². The number of nitrogens with zero attached hydrogens (tertiary/aromatic N) is 2. The first-order valence-corrected chi connectivity index (χ1v) is 10.0. The molecule has 0 aromatic heterocycles. The van der Waals surface area contributed by atoms with E-state index in [0.717, 1.165) is 0 Å². The van der Waals surface area contributed by atoms with Crippen LogP contribution in [0.1, 0.15) is 25.8 Å². The predicted molar refractivity (Wildman–Crippen MR) is 104 cm³/mol. The van der Waals surface area contributed by atoms with Crippen LogP contribution < -0.4 is 14.3 Å². The molecule has 0 bridgehead atoms. The summed E-state index contributed by atoms with van der Waals surface area (Å²) in [5.41, 5.74) is 0.00141. The average Bonchev–Trinajstić information content (AvgIpc) is 2.67. The Labute approximate surface area is 163 Å². The number of benzene rings is 2. The average molecular weight is 407 g/mol. The predicted octanol–water partition coefficient (Wildman–Crippen LogP) is 3.09. The molecule has 0 atom stereocenters. The highest BCUT2D eigenvalue weighted by atomic mass is 32.2. The van der Waals surface area contributed by atoms with Gasteiger partial charge in [0, 0.05) is 11.6 Å². The summed E-state index contributed by atoms with van der Waals surface area (Å²) >= 11 is 0. The molecule has 1 N–H and O–H groups in total. The van der Waals surface area contributed by atoms with Gasteiger partial charge in [-0.2, -0.15) is 13.5 Å². The van der Waals surface area contributed by atoms with Crippen molar-refractivity contribution in [2.24, 2.45) is 5.10 Å². The molecular weight excluding hydrogens is 386 g/mol. The van der Waals surface area contributed by atoms with Gasteiger partial charge >= 0.3 is 5.69 Å². The molecule has 28 heavy (non-hydrogen) atoms. The smallest absolute Gasteiger partial charge is 0.315 e. The van der Waals surface area contributed by atoms with Crippen LogP contribution in [-0.4, -0.2) is 32.8 Å². The zero-order chi connectivity index (χ0) is 20.6. The van der Waals surface area contributed by atoms with Crippen molar-refractivity contribution in [2.75, 3.05) is 13.2 Å². The third-order valence-corrected chi connectivity index (χ3v) is 4.68. The first kappa shape index (κ1) is 21.2. The van der Waals surface area contributed by atoms with Crippen LogP contribution in [0, 0.1) is 10.1 Å². The van der Waals surface area contributed by atoms with Crippen LogP contribution in [0.3, 0.4) is 0 Å². The SMILES string of the molecule is CCCOc1c(OCC)cc(/C=N/NS(=O)(=O)c2ccccc2)cc1[N+](=O)[O-]. The Morgan fingerprint density at radius 2 is 1.89 bits per heavy atom. The van der Waals surface area contributed by atoms with Gasteiger partial charge in [0.2, 0.25) is 5.75 Å². The minimum absolute atomic E-state index is 0.0377. The lowest BCUT2D eigenvalue weighted by molar-refractivity contribution is -0.386. The van der Waals surface area contributed by atoms with Crippen LogP contribution in [0.15, 0.2) is 52.5 Å². The van der Waals surface area contributed by atoms with Crippen molar-refractivity contribution in [1.82, 2.24) is 4.83 Å². The highest BCUT2D eigenvalue weighted by Gasteiger charge is 2.22. The Morgan fingerprint density at radius 1 is 1.18 bits per heavy atom. The molecule has 0 spiro atoms. The molecule has 0 saturated heterocycles. The fourth-order valence-corrected chi connectivity index (χ4v) is 3.07. The monoisotopic (exact) mass is 407 g/mol. The number of nitro benzene ring substituents is 1. The van der Waals surface area contributed by atoms with Crippen LogP contribution in [0.25, 0.3) is 0 Å². The molecule has 0 aliphatic heterocycles. The lowest BCUT2D eigenvalue weighted by Gasteiger charge is -2.12. The van der Waals surface area contributed by atoms with Gasteiger partial charge in [-0.05, 0) is 31.5 Å². The lowest BCUT2D eigenvalue weighted by atomic mass is 10.2. The lowest BCUT2D eigenvalue weighted by Crippen LogP contribution is -2.18. The minimum atomic E-state index is -3.84. The molecule has 0 fully saturated rings. The van der Waals surface area contributed by atoms with E-state index >= 15 is 0 Å². The van der Waals surface area contributed by atoms with Crippen LogP contribution >= 0.6 is 0 Å². The van der Waals surface area contributed by atoms with E-state index in [-0.39, 0.29) is 34.3 Å². The molecule has 0 radical (unpaired) electrons. The number of nitrogens with one attached hydrogen (secondary N) is 1. The van der Waals surface area contributed by atoms with Gasteiger partial charge in [-0.1, -0.05) is 25.1 Å². The molecule has 0 aliphatic carbocycles. The third-order valence-electron chi connectivity index (χ3n) is 3.44. The topological polar surface area (TPSA) is 120 Å². The second kappa shape index (κ2) is 9.70. The van der Waals surface area contributed by atoms with Crippen molar-refractivity contribution in [3.63, 3.8) is 0 Å². The Kier molecular flexibility index (Phi) is 7.33. The highest BCUT2D eigenvalue weighted by molar-refractivity contribution is 7.89. The van der Waals surface area contributed by atoms with Gasteiger partial charge in [-0.15, -0.1) is 0 Å². The van der Waals surface area contributed by atoms with Crippen LogP contribution in [0.2, 0.25) is 0 Å². The van der Waals surface area contributed by atoms with Gasteiger partial charge < -0.3 is 9.47 Å². The van der Waals surface area contributed by atoms with E-state index < -0.39 is 14.9 Å². The van der Waals surface area contributed by atoms with Gasteiger partial charge in [0.25, 0.3) is 10.0 Å². The number of ether oxygens (including phenoxy) is 2. The van der Waals surface area contributed by atoms with Gasteiger partial charge in [0.05, 0.1) is 29.2 Å². The molecule has 0 aliphatic rings. The van der Waals surface area contributed by atoms with Crippen molar-refractivity contribution in [2.45, 2.75) is 25.2 Å². The molecule has 150 valence electrons. The maximum atomic E-state index is 12.2. The first-order chi connectivity index (χ1) is 13.4. The Hall–Kier alpha value is -3.14. The second-order valence-corrected chi connectivity index (χ2v) is 7.23. The number of hydrazone groups is 1. The van der Waals surface area contributed by atoms with E-state index in [2.05, 4.69) is 9.93 Å². The van der Waals surface area contributed by atoms with Crippen molar-refractivity contribution in [3.05, 3.63) is 58.1 Å². The van der Waals surface area contributed by atoms with Crippen LogP contribution in [0.5, 0.6) is 11.5 Å². The number of hydrogen-bond donors (Lipinski definition) is 1. The van der Waals surface area contributed by atoms with Crippen molar-refractivity contribution in [1.29, 1.82) is 0 Å². The third kappa shape index (κ3) is 5.43. The fourth-order valence-electron chi connectivity index (χ4n) is 2.25. The Bertz CT molecular complexity index is 945. The Morgan fingerprint density at radius 3 is 2.50 bits per heavy atom. The highest BCUT2D eigenvalue weighted by Crippen LogP contribution is 2.38. The molecular formula is C18H21N3O6S. The van der Waals surface area contributed by atoms with E-state index in [1.165, 1.54) is 30.5 Å². The van der Waals surface area contributed by atoms with E-state index in [0.29, 0.717) is 13.0 Å². The summed E-state index contributed by atoms with van der Waals surface area (Å²) in [5, 5.41) is 15.1. The largest absolute Gasteiger partial charge is 0.490 e. The van der Waals surface area contributed by atoms with Crippen molar-refractivity contribution < 1.29 is 22.8 Å². The summed E-state index contributed by atoms with van der Waals surface area (Å²) in [6, 6.07) is 10.5. The molecule has 0 heterocycles. The molecule has 10 heteroatoms. The van der Waals surface area contributed by atoms with Crippen LogP contribution in [-0.2, 0) is 10.0 Å². The molecule has 2 rings (SSSR count). The zero-order valence-electron chi connectivity index (χ0n) is 15.5. The second-order valence-electron chi connectivity index (χ2n) is 5.57. The quantitative estimate of drug-likeness (QED) is 0.367. The molecule has 2 aromatic rings. The summed E-state index contributed by atoms with van der Waals surface area (Å²) in [7, 11) is -3.84. The zero-order valence-corrected chi connectivity index (χ0v) is 16.3. The van der Waals surface area contributed by atoms with Gasteiger partial charge in [0.15, 0.2) is 5.75 Å². The van der Waals surface area contributed by atoms with E-state index in [4.69, 9.17) is 9.47 Å².